The summed E-state index contributed by atoms with van der Waals surface area (Å²) < 4.78 is 0. The molecular formula is C11H24N2O. The molecule has 0 atom stereocenters. The molecule has 0 aliphatic heterocycles. The fourth-order valence-electron chi connectivity index (χ4n) is 1.35. The smallest absolute Gasteiger partial charge is 0.0558 e. The molecule has 2 N–H and O–H groups in total. The summed E-state index contributed by atoms with van der Waals surface area (Å²) in [6.07, 6.45) is 4.20. The topological polar surface area (TPSA) is 35.5 Å². The van der Waals surface area contributed by atoms with Gasteiger partial charge in [0.2, 0.25) is 0 Å². The average molecular weight is 200 g/mol. The van der Waals surface area contributed by atoms with Crippen molar-refractivity contribution in [3.8, 4) is 0 Å². The van der Waals surface area contributed by atoms with Crippen molar-refractivity contribution >= 4 is 0 Å². The van der Waals surface area contributed by atoms with Crippen molar-refractivity contribution in [2.45, 2.75) is 19.8 Å². The van der Waals surface area contributed by atoms with Crippen molar-refractivity contribution in [2.24, 2.45) is 0 Å². The fraction of sp³-hybridized carbons (Fsp3) is 0.818. The van der Waals surface area contributed by atoms with Crippen LogP contribution in [-0.4, -0.2) is 49.3 Å². The van der Waals surface area contributed by atoms with Gasteiger partial charge in [0.05, 0.1) is 6.61 Å². The van der Waals surface area contributed by atoms with E-state index in [1.165, 1.54) is 6.42 Å². The SMILES string of the molecule is C=CCN(CCO)CCCNCCC. The summed E-state index contributed by atoms with van der Waals surface area (Å²) >= 11 is 0. The molecule has 0 radical (unpaired) electrons. The third kappa shape index (κ3) is 8.23. The highest BCUT2D eigenvalue weighted by molar-refractivity contribution is 4.73. The van der Waals surface area contributed by atoms with Gasteiger partial charge in [-0.2, -0.15) is 0 Å². The summed E-state index contributed by atoms with van der Waals surface area (Å²) in [5.74, 6) is 0. The lowest BCUT2D eigenvalue weighted by Gasteiger charge is -2.19. The molecule has 0 unspecified atom stereocenters. The van der Waals surface area contributed by atoms with E-state index in [0.29, 0.717) is 0 Å². The van der Waals surface area contributed by atoms with Crippen LogP contribution in [0.25, 0.3) is 0 Å². The quantitative estimate of drug-likeness (QED) is 0.405. The number of nitrogens with one attached hydrogen (secondary N) is 1. The molecular weight excluding hydrogens is 176 g/mol. The third-order valence-electron chi connectivity index (χ3n) is 2.06. The molecule has 0 saturated heterocycles. The molecule has 0 bridgehead atoms. The molecule has 0 aromatic carbocycles. The predicted molar refractivity (Wildman–Crippen MR) is 61.5 cm³/mol. The van der Waals surface area contributed by atoms with Crippen LogP contribution >= 0.6 is 0 Å². The Morgan fingerprint density at radius 1 is 1.36 bits per heavy atom. The van der Waals surface area contributed by atoms with Gasteiger partial charge in [-0.05, 0) is 32.5 Å². The summed E-state index contributed by atoms with van der Waals surface area (Å²) in [7, 11) is 0. The Hall–Kier alpha value is -0.380. The van der Waals surface area contributed by atoms with Crippen LogP contribution < -0.4 is 5.32 Å². The maximum absolute atomic E-state index is 8.81. The first-order valence-electron chi connectivity index (χ1n) is 5.50. The van der Waals surface area contributed by atoms with E-state index in [4.69, 9.17) is 5.11 Å². The first kappa shape index (κ1) is 13.6. The minimum Gasteiger partial charge on any atom is -0.395 e. The molecule has 0 aromatic heterocycles. The molecule has 0 heterocycles. The van der Waals surface area contributed by atoms with Gasteiger partial charge in [0, 0.05) is 13.1 Å². The van der Waals surface area contributed by atoms with Crippen molar-refractivity contribution in [3.63, 3.8) is 0 Å². The van der Waals surface area contributed by atoms with Gasteiger partial charge < -0.3 is 10.4 Å². The average Bonchev–Trinajstić information content (AvgIpc) is 2.18. The highest BCUT2D eigenvalue weighted by atomic mass is 16.3. The van der Waals surface area contributed by atoms with Crippen LogP contribution in [0.4, 0.5) is 0 Å². The first-order chi connectivity index (χ1) is 6.85. The Bertz CT molecular complexity index is 128. The molecule has 14 heavy (non-hydrogen) atoms. The second-order valence-corrected chi connectivity index (χ2v) is 3.42. The summed E-state index contributed by atoms with van der Waals surface area (Å²) in [5, 5.41) is 12.2. The van der Waals surface area contributed by atoms with Gasteiger partial charge in [-0.1, -0.05) is 13.0 Å². The highest BCUT2D eigenvalue weighted by Gasteiger charge is 2.00. The summed E-state index contributed by atoms with van der Waals surface area (Å²) in [5.41, 5.74) is 0. The summed E-state index contributed by atoms with van der Waals surface area (Å²) in [6.45, 7) is 10.9. The van der Waals surface area contributed by atoms with Crippen LogP contribution in [0, 0.1) is 0 Å². The number of hydrogen-bond donors (Lipinski definition) is 2. The van der Waals surface area contributed by atoms with Crippen LogP contribution in [0.5, 0.6) is 0 Å². The lowest BCUT2D eigenvalue weighted by Crippen LogP contribution is -2.30. The summed E-state index contributed by atoms with van der Waals surface area (Å²) in [4.78, 5) is 2.21. The van der Waals surface area contributed by atoms with E-state index in [1.807, 2.05) is 6.08 Å². The largest absolute Gasteiger partial charge is 0.395 e. The lowest BCUT2D eigenvalue weighted by molar-refractivity contribution is 0.207. The summed E-state index contributed by atoms with van der Waals surface area (Å²) in [6, 6.07) is 0. The molecule has 3 nitrogen and oxygen atoms in total. The number of aliphatic hydroxyl groups excluding tert-OH is 1. The van der Waals surface area contributed by atoms with Crippen molar-refractivity contribution in [2.75, 3.05) is 39.3 Å². The zero-order valence-corrected chi connectivity index (χ0v) is 9.34. The standard InChI is InChI=1S/C11H24N2O/c1-3-6-12-7-5-9-13(8-4-2)10-11-14/h4,12,14H,2-3,5-11H2,1H3. The van der Waals surface area contributed by atoms with Gasteiger partial charge in [0.25, 0.3) is 0 Å². The van der Waals surface area contributed by atoms with Crippen LogP contribution in [0.15, 0.2) is 12.7 Å². The van der Waals surface area contributed by atoms with E-state index in [-0.39, 0.29) is 6.61 Å². The van der Waals surface area contributed by atoms with Crippen molar-refractivity contribution in [3.05, 3.63) is 12.7 Å². The second kappa shape index (κ2) is 10.7. The van der Waals surface area contributed by atoms with Gasteiger partial charge in [-0.15, -0.1) is 6.58 Å². The van der Waals surface area contributed by atoms with E-state index in [0.717, 1.165) is 39.1 Å². The van der Waals surface area contributed by atoms with Crippen molar-refractivity contribution < 1.29 is 5.11 Å². The fourth-order valence-corrected chi connectivity index (χ4v) is 1.35. The predicted octanol–water partition coefficient (Wildman–Crippen LogP) is 0.856. The van der Waals surface area contributed by atoms with Gasteiger partial charge in [0.1, 0.15) is 0 Å². The van der Waals surface area contributed by atoms with E-state index in [1.54, 1.807) is 0 Å². The van der Waals surface area contributed by atoms with E-state index < -0.39 is 0 Å². The lowest BCUT2D eigenvalue weighted by atomic mass is 10.3. The normalized spacial score (nSPS) is 10.8. The molecule has 0 aliphatic carbocycles. The molecule has 0 rings (SSSR count). The molecule has 0 fully saturated rings. The zero-order chi connectivity index (χ0) is 10.6. The Morgan fingerprint density at radius 3 is 2.71 bits per heavy atom. The van der Waals surface area contributed by atoms with Crippen LogP contribution in [0.2, 0.25) is 0 Å². The molecule has 0 amide bonds. The van der Waals surface area contributed by atoms with Crippen molar-refractivity contribution in [1.29, 1.82) is 0 Å². The van der Waals surface area contributed by atoms with Gasteiger partial charge in [-0.3, -0.25) is 4.90 Å². The first-order valence-corrected chi connectivity index (χ1v) is 5.50. The van der Waals surface area contributed by atoms with Crippen LogP contribution in [-0.2, 0) is 0 Å². The highest BCUT2D eigenvalue weighted by Crippen LogP contribution is 1.90. The Morgan fingerprint density at radius 2 is 2.14 bits per heavy atom. The molecule has 0 aliphatic rings. The maximum atomic E-state index is 8.81. The Balaban J connectivity index is 3.35. The van der Waals surface area contributed by atoms with Gasteiger partial charge >= 0.3 is 0 Å². The van der Waals surface area contributed by atoms with E-state index in [2.05, 4.69) is 23.7 Å². The minimum absolute atomic E-state index is 0.232. The van der Waals surface area contributed by atoms with E-state index >= 15 is 0 Å². The third-order valence-corrected chi connectivity index (χ3v) is 2.06. The maximum Gasteiger partial charge on any atom is 0.0558 e. The molecule has 0 spiro atoms. The second-order valence-electron chi connectivity index (χ2n) is 3.42. The van der Waals surface area contributed by atoms with Crippen LogP contribution in [0.1, 0.15) is 19.8 Å². The van der Waals surface area contributed by atoms with Gasteiger partial charge in [0.15, 0.2) is 0 Å². The molecule has 0 aromatic rings. The zero-order valence-electron chi connectivity index (χ0n) is 9.34. The van der Waals surface area contributed by atoms with Gasteiger partial charge in [-0.25, -0.2) is 0 Å². The molecule has 84 valence electrons. The Labute approximate surface area is 87.8 Å². The molecule has 0 saturated carbocycles. The molecule has 3 heteroatoms. The minimum atomic E-state index is 0.232. The Kier molecular flexibility index (Phi) is 10.4. The number of nitrogens with zero attached hydrogens (tertiary/aromatic N) is 1. The van der Waals surface area contributed by atoms with E-state index in [9.17, 15) is 0 Å². The monoisotopic (exact) mass is 200 g/mol. The number of rotatable bonds is 10. The van der Waals surface area contributed by atoms with Crippen LogP contribution in [0.3, 0.4) is 0 Å². The number of hydrogen-bond acceptors (Lipinski definition) is 3. The van der Waals surface area contributed by atoms with Crippen molar-refractivity contribution in [1.82, 2.24) is 10.2 Å². The number of aliphatic hydroxyl groups is 1.